The molecule has 0 saturated heterocycles. The van der Waals surface area contributed by atoms with Gasteiger partial charge in [0.2, 0.25) is 0 Å². The highest BCUT2D eigenvalue weighted by atomic mass is 79.9. The molecule has 0 aromatic carbocycles. The van der Waals surface area contributed by atoms with E-state index >= 15 is 0 Å². The van der Waals surface area contributed by atoms with Crippen LogP contribution in [-0.2, 0) is 19.1 Å². The largest absolute Gasteiger partial charge is 0.457 e. The molecule has 86 valence electrons. The van der Waals surface area contributed by atoms with Crippen molar-refractivity contribution in [3.63, 3.8) is 0 Å². The number of hydrogen-bond acceptors (Lipinski definition) is 6. The van der Waals surface area contributed by atoms with E-state index in [1.54, 1.807) is 0 Å². The summed E-state index contributed by atoms with van der Waals surface area (Å²) in [6.07, 6.45) is 0. The van der Waals surface area contributed by atoms with Crippen LogP contribution in [0.4, 0.5) is 0 Å². The van der Waals surface area contributed by atoms with Crippen molar-refractivity contribution in [1.82, 2.24) is 0 Å². The molecular formula is C7H10BrNO6. The molecule has 8 heteroatoms. The highest BCUT2D eigenvalue weighted by Gasteiger charge is 2.43. The molecule has 0 spiro atoms. The van der Waals surface area contributed by atoms with Crippen molar-refractivity contribution < 1.29 is 24.0 Å². The minimum absolute atomic E-state index is 0.511. The standard InChI is InChI=1S/C7H10BrNO6/c1-5(10)14-3-7(8,9(12)13)4-15-6(2)11/h3-4H2,1-2H3. The zero-order valence-corrected chi connectivity index (χ0v) is 9.77. The van der Waals surface area contributed by atoms with Crippen LogP contribution in [-0.4, -0.2) is 34.5 Å². The first-order chi connectivity index (χ1) is 6.78. The Morgan fingerprint density at radius 1 is 1.27 bits per heavy atom. The van der Waals surface area contributed by atoms with Gasteiger partial charge in [0.05, 0.1) is 0 Å². The van der Waals surface area contributed by atoms with Crippen LogP contribution in [0.1, 0.15) is 13.8 Å². The zero-order chi connectivity index (χ0) is 12.1. The highest BCUT2D eigenvalue weighted by molar-refractivity contribution is 9.10. The Morgan fingerprint density at radius 3 is 1.80 bits per heavy atom. The molecule has 0 fully saturated rings. The lowest BCUT2D eigenvalue weighted by atomic mass is 10.3. The van der Waals surface area contributed by atoms with Gasteiger partial charge in [-0.05, 0) is 0 Å². The first-order valence-corrected chi connectivity index (χ1v) is 4.67. The van der Waals surface area contributed by atoms with E-state index in [9.17, 15) is 19.7 Å². The average Bonchev–Trinajstić information content (AvgIpc) is 2.11. The summed E-state index contributed by atoms with van der Waals surface area (Å²) < 4.78 is 7.18. The van der Waals surface area contributed by atoms with Crippen molar-refractivity contribution in [2.24, 2.45) is 0 Å². The minimum Gasteiger partial charge on any atom is -0.457 e. The summed E-state index contributed by atoms with van der Waals surface area (Å²) in [5, 5.41) is 10.6. The molecule has 0 heterocycles. The van der Waals surface area contributed by atoms with Gasteiger partial charge >= 0.3 is 16.4 Å². The van der Waals surface area contributed by atoms with Crippen LogP contribution in [0.5, 0.6) is 0 Å². The maximum atomic E-state index is 10.6. The van der Waals surface area contributed by atoms with Crippen molar-refractivity contribution in [2.75, 3.05) is 13.2 Å². The normalized spacial score (nSPS) is 10.6. The number of halogens is 1. The number of carbonyl (C=O) groups is 2. The van der Waals surface area contributed by atoms with Gasteiger partial charge < -0.3 is 9.47 Å². The molecule has 0 rings (SSSR count). The predicted octanol–water partition coefficient (Wildman–Crippen LogP) is 0.480. The van der Waals surface area contributed by atoms with E-state index in [0.29, 0.717) is 0 Å². The van der Waals surface area contributed by atoms with Gasteiger partial charge in [-0.25, -0.2) is 0 Å². The number of rotatable bonds is 5. The first kappa shape index (κ1) is 13.8. The number of ether oxygens (including phenoxy) is 2. The van der Waals surface area contributed by atoms with E-state index < -0.39 is 34.5 Å². The van der Waals surface area contributed by atoms with Crippen molar-refractivity contribution in [3.8, 4) is 0 Å². The monoisotopic (exact) mass is 283 g/mol. The van der Waals surface area contributed by atoms with Crippen LogP contribution in [0, 0.1) is 10.1 Å². The molecule has 0 aliphatic carbocycles. The number of nitrogens with zero attached hydrogens (tertiary/aromatic N) is 1. The van der Waals surface area contributed by atoms with Crippen LogP contribution in [0.3, 0.4) is 0 Å². The molecular weight excluding hydrogens is 274 g/mol. The lowest BCUT2D eigenvalue weighted by molar-refractivity contribution is -0.541. The molecule has 0 bridgehead atoms. The second kappa shape index (κ2) is 5.64. The van der Waals surface area contributed by atoms with Crippen molar-refractivity contribution in [2.45, 2.75) is 18.3 Å². The third kappa shape index (κ3) is 5.31. The van der Waals surface area contributed by atoms with E-state index in [2.05, 4.69) is 25.4 Å². The number of nitro groups is 1. The summed E-state index contributed by atoms with van der Waals surface area (Å²) in [7, 11) is 0. The second-order valence-corrected chi connectivity index (χ2v) is 4.21. The number of hydrogen-bond donors (Lipinski definition) is 0. The van der Waals surface area contributed by atoms with Crippen molar-refractivity contribution >= 4 is 27.9 Å². The molecule has 0 aromatic heterocycles. The predicted molar refractivity (Wildman–Crippen MR) is 51.9 cm³/mol. The highest BCUT2D eigenvalue weighted by Crippen LogP contribution is 2.20. The third-order valence-corrected chi connectivity index (χ3v) is 2.07. The summed E-state index contributed by atoms with van der Waals surface area (Å²) >= 11 is 2.75. The van der Waals surface area contributed by atoms with E-state index in [1.165, 1.54) is 0 Å². The van der Waals surface area contributed by atoms with Gasteiger partial charge in [0.25, 0.3) is 0 Å². The molecule has 15 heavy (non-hydrogen) atoms. The average molecular weight is 284 g/mol. The number of alkyl halides is 1. The molecule has 0 aliphatic heterocycles. The smallest absolute Gasteiger partial charge is 0.341 e. The lowest BCUT2D eigenvalue weighted by Crippen LogP contribution is -2.42. The van der Waals surface area contributed by atoms with Gasteiger partial charge in [-0.2, -0.15) is 0 Å². The molecule has 7 nitrogen and oxygen atoms in total. The summed E-state index contributed by atoms with van der Waals surface area (Å²) in [6, 6.07) is 0. The molecule has 0 amide bonds. The van der Waals surface area contributed by atoms with Crippen LogP contribution >= 0.6 is 15.9 Å². The number of esters is 2. The Balaban J connectivity index is 4.38. The van der Waals surface area contributed by atoms with Crippen LogP contribution in [0.2, 0.25) is 0 Å². The Kier molecular flexibility index (Phi) is 5.20. The maximum absolute atomic E-state index is 10.6. The molecule has 0 atom stereocenters. The van der Waals surface area contributed by atoms with E-state index in [0.717, 1.165) is 13.8 Å². The second-order valence-electron chi connectivity index (χ2n) is 2.74. The topological polar surface area (TPSA) is 95.7 Å². The molecule has 0 radical (unpaired) electrons. The SMILES string of the molecule is CC(=O)OCC(Br)(COC(C)=O)[N+](=O)[O-]. The zero-order valence-electron chi connectivity index (χ0n) is 8.19. The summed E-state index contributed by atoms with van der Waals surface area (Å²) in [6.45, 7) is 1.23. The molecule has 0 aliphatic rings. The minimum atomic E-state index is -1.79. The molecule has 0 N–H and O–H groups in total. The summed E-state index contributed by atoms with van der Waals surface area (Å²) in [5.41, 5.74) is 0. The van der Waals surface area contributed by atoms with Gasteiger partial charge in [0, 0.05) is 34.7 Å². The first-order valence-electron chi connectivity index (χ1n) is 3.88. The number of carbonyl (C=O) groups excluding carboxylic acids is 2. The quantitative estimate of drug-likeness (QED) is 0.239. The fourth-order valence-corrected chi connectivity index (χ4v) is 0.800. The fourth-order valence-electron chi connectivity index (χ4n) is 0.572. The maximum Gasteiger partial charge on any atom is 0.341 e. The van der Waals surface area contributed by atoms with Crippen LogP contribution in [0.25, 0.3) is 0 Å². The Bertz CT molecular complexity index is 261. The van der Waals surface area contributed by atoms with Gasteiger partial charge in [-0.15, -0.1) is 0 Å². The van der Waals surface area contributed by atoms with Gasteiger partial charge in [-0.1, -0.05) is 0 Å². The van der Waals surface area contributed by atoms with E-state index in [1.807, 2.05) is 0 Å². The summed E-state index contributed by atoms with van der Waals surface area (Å²) in [4.78, 5) is 30.9. The van der Waals surface area contributed by atoms with Crippen molar-refractivity contribution in [3.05, 3.63) is 10.1 Å². The van der Waals surface area contributed by atoms with E-state index in [4.69, 9.17) is 0 Å². The van der Waals surface area contributed by atoms with Gasteiger partial charge in [0.15, 0.2) is 13.2 Å². The fraction of sp³-hybridized carbons (Fsp3) is 0.714. The van der Waals surface area contributed by atoms with Gasteiger partial charge in [0.1, 0.15) is 0 Å². The van der Waals surface area contributed by atoms with Crippen LogP contribution < -0.4 is 0 Å². The molecule has 0 saturated carbocycles. The van der Waals surface area contributed by atoms with Gasteiger partial charge in [-0.3, -0.25) is 19.7 Å². The molecule has 0 unspecified atom stereocenters. The van der Waals surface area contributed by atoms with E-state index in [-0.39, 0.29) is 0 Å². The lowest BCUT2D eigenvalue weighted by Gasteiger charge is -2.17. The molecule has 0 aromatic rings. The Labute approximate surface area is 94.0 Å². The Hall–Kier alpha value is -1.18. The summed E-state index contributed by atoms with van der Waals surface area (Å²) in [5.74, 6) is -1.30. The third-order valence-electron chi connectivity index (χ3n) is 1.32. The van der Waals surface area contributed by atoms with Crippen LogP contribution in [0.15, 0.2) is 0 Å². The Morgan fingerprint density at radius 2 is 1.60 bits per heavy atom. The van der Waals surface area contributed by atoms with Crippen molar-refractivity contribution in [1.29, 1.82) is 0 Å².